The molecule has 1 atom stereocenters. The van der Waals surface area contributed by atoms with Crippen molar-refractivity contribution < 1.29 is 18.8 Å². The molecule has 0 saturated heterocycles. The Balaban J connectivity index is 2.49. The predicted octanol–water partition coefficient (Wildman–Crippen LogP) is 1.94. The number of carbonyl (C=O) groups excluding carboxylic acids is 1. The van der Waals surface area contributed by atoms with E-state index in [0.717, 1.165) is 12.1 Å². The van der Waals surface area contributed by atoms with Crippen molar-refractivity contribution in [1.29, 1.82) is 0 Å². The van der Waals surface area contributed by atoms with Gasteiger partial charge in [-0.25, -0.2) is 0 Å². The lowest BCUT2D eigenvalue weighted by molar-refractivity contribution is -0.387. The Hall–Kier alpha value is -2.22. The average molecular weight is 327 g/mol. The lowest BCUT2D eigenvalue weighted by Crippen LogP contribution is -2.36. The number of rotatable bonds is 8. The number of hydrogen-bond donors (Lipinski definition) is 1. The molecule has 0 radical (unpaired) electrons. The number of halogens is 1. The molecule has 7 nitrogen and oxygen atoms in total. The zero-order valence-corrected chi connectivity index (χ0v) is 13.5. The molecule has 0 aromatic heterocycles. The van der Waals surface area contributed by atoms with Crippen LogP contribution in [0.4, 0.5) is 10.1 Å². The largest absolute Gasteiger partial charge is 0.484 e. The van der Waals surface area contributed by atoms with E-state index >= 15 is 0 Å². The minimum Gasteiger partial charge on any atom is -0.484 e. The second-order valence-corrected chi connectivity index (χ2v) is 5.67. The SMILES string of the molecule is CC(C)C(N)CCN(C)C(=O)COc1ccc([N+](=O)[O-])c(F)c1. The number of hydrogen-bond acceptors (Lipinski definition) is 5. The van der Waals surface area contributed by atoms with Crippen molar-refractivity contribution >= 4 is 11.6 Å². The van der Waals surface area contributed by atoms with Crippen LogP contribution in [0.25, 0.3) is 0 Å². The van der Waals surface area contributed by atoms with E-state index in [1.54, 1.807) is 7.05 Å². The highest BCUT2D eigenvalue weighted by Gasteiger charge is 2.16. The van der Waals surface area contributed by atoms with Gasteiger partial charge < -0.3 is 15.4 Å². The van der Waals surface area contributed by atoms with E-state index in [-0.39, 0.29) is 24.3 Å². The molecule has 1 aromatic carbocycles. The third kappa shape index (κ3) is 5.82. The summed E-state index contributed by atoms with van der Waals surface area (Å²) in [6, 6.07) is 3.15. The summed E-state index contributed by atoms with van der Waals surface area (Å²) >= 11 is 0. The van der Waals surface area contributed by atoms with E-state index in [4.69, 9.17) is 10.5 Å². The molecule has 0 aliphatic heterocycles. The number of ether oxygens (including phenoxy) is 1. The third-order valence-electron chi connectivity index (χ3n) is 3.56. The van der Waals surface area contributed by atoms with Crippen LogP contribution in [0.5, 0.6) is 5.75 Å². The van der Waals surface area contributed by atoms with E-state index in [1.807, 2.05) is 13.8 Å². The molecule has 1 rings (SSSR count). The number of nitro groups is 1. The van der Waals surface area contributed by atoms with E-state index in [0.29, 0.717) is 18.9 Å². The highest BCUT2D eigenvalue weighted by molar-refractivity contribution is 5.77. The van der Waals surface area contributed by atoms with Crippen LogP contribution in [0.2, 0.25) is 0 Å². The van der Waals surface area contributed by atoms with Gasteiger partial charge >= 0.3 is 5.69 Å². The number of likely N-dealkylation sites (N-methyl/N-ethyl adjacent to an activating group) is 1. The van der Waals surface area contributed by atoms with Gasteiger partial charge in [0.05, 0.1) is 4.92 Å². The first-order chi connectivity index (χ1) is 10.7. The van der Waals surface area contributed by atoms with Gasteiger partial charge in [-0.2, -0.15) is 4.39 Å². The van der Waals surface area contributed by atoms with E-state index < -0.39 is 16.4 Å². The van der Waals surface area contributed by atoms with Crippen molar-refractivity contribution in [3.8, 4) is 5.75 Å². The fraction of sp³-hybridized carbons (Fsp3) is 0.533. The monoisotopic (exact) mass is 327 g/mol. The van der Waals surface area contributed by atoms with Crippen LogP contribution in [0, 0.1) is 21.8 Å². The maximum absolute atomic E-state index is 13.4. The minimum absolute atomic E-state index is 0.00920. The van der Waals surface area contributed by atoms with Crippen molar-refractivity contribution in [3.05, 3.63) is 34.1 Å². The Labute approximate surface area is 134 Å². The lowest BCUT2D eigenvalue weighted by atomic mass is 10.0. The van der Waals surface area contributed by atoms with Gasteiger partial charge in [-0.15, -0.1) is 0 Å². The highest BCUT2D eigenvalue weighted by Crippen LogP contribution is 2.22. The van der Waals surface area contributed by atoms with Gasteiger partial charge in [0.25, 0.3) is 5.91 Å². The van der Waals surface area contributed by atoms with E-state index in [9.17, 15) is 19.3 Å². The van der Waals surface area contributed by atoms with E-state index in [2.05, 4.69) is 0 Å². The van der Waals surface area contributed by atoms with E-state index in [1.165, 1.54) is 11.0 Å². The lowest BCUT2D eigenvalue weighted by Gasteiger charge is -2.21. The van der Waals surface area contributed by atoms with Gasteiger partial charge in [0.1, 0.15) is 5.75 Å². The number of carbonyl (C=O) groups is 1. The predicted molar refractivity (Wildman–Crippen MR) is 83.6 cm³/mol. The Bertz CT molecular complexity index is 566. The Morgan fingerprint density at radius 2 is 2.13 bits per heavy atom. The van der Waals surface area contributed by atoms with Crippen LogP contribution in [0.1, 0.15) is 20.3 Å². The molecule has 1 aromatic rings. The summed E-state index contributed by atoms with van der Waals surface area (Å²) in [7, 11) is 1.63. The maximum atomic E-state index is 13.4. The molecule has 0 spiro atoms. The van der Waals surface area contributed by atoms with Crippen molar-refractivity contribution in [2.24, 2.45) is 11.7 Å². The average Bonchev–Trinajstić information content (AvgIpc) is 2.49. The molecule has 0 aliphatic rings. The smallest absolute Gasteiger partial charge is 0.305 e. The van der Waals surface area contributed by atoms with Crippen molar-refractivity contribution in [1.82, 2.24) is 4.90 Å². The van der Waals surface area contributed by atoms with Gasteiger partial charge in [0.2, 0.25) is 5.82 Å². The molecule has 8 heteroatoms. The summed E-state index contributed by atoms with van der Waals surface area (Å²) in [5.41, 5.74) is 5.28. The molecule has 0 fully saturated rings. The topological polar surface area (TPSA) is 98.7 Å². The molecule has 1 amide bonds. The first-order valence-electron chi connectivity index (χ1n) is 7.28. The molecule has 0 bridgehead atoms. The third-order valence-corrected chi connectivity index (χ3v) is 3.56. The Morgan fingerprint density at radius 1 is 1.48 bits per heavy atom. The van der Waals surface area contributed by atoms with Gasteiger partial charge in [0.15, 0.2) is 6.61 Å². The van der Waals surface area contributed by atoms with Gasteiger partial charge in [-0.05, 0) is 18.4 Å². The highest BCUT2D eigenvalue weighted by atomic mass is 19.1. The first kappa shape index (κ1) is 18.8. The number of nitrogens with zero attached hydrogens (tertiary/aromatic N) is 2. The maximum Gasteiger partial charge on any atom is 0.305 e. The molecule has 1 unspecified atom stereocenters. The van der Waals surface area contributed by atoms with Crippen LogP contribution in [0.15, 0.2) is 18.2 Å². The van der Waals surface area contributed by atoms with Crippen molar-refractivity contribution in [3.63, 3.8) is 0 Å². The molecule has 128 valence electrons. The molecule has 0 saturated carbocycles. The second kappa shape index (κ2) is 8.42. The van der Waals surface area contributed by atoms with Crippen LogP contribution < -0.4 is 10.5 Å². The zero-order valence-electron chi connectivity index (χ0n) is 13.5. The summed E-state index contributed by atoms with van der Waals surface area (Å²) < 4.78 is 18.6. The zero-order chi connectivity index (χ0) is 17.6. The van der Waals surface area contributed by atoms with Crippen LogP contribution in [-0.2, 0) is 4.79 Å². The number of benzene rings is 1. The van der Waals surface area contributed by atoms with Crippen molar-refractivity contribution in [2.75, 3.05) is 20.2 Å². The standard InChI is InChI=1S/C15H22FN3O4/c1-10(2)13(17)6-7-18(3)15(20)9-23-11-4-5-14(19(21)22)12(16)8-11/h4-5,8,10,13H,6-7,9,17H2,1-3H3. The van der Waals surface area contributed by atoms with Crippen molar-refractivity contribution in [2.45, 2.75) is 26.3 Å². The molecule has 2 N–H and O–H groups in total. The number of nitrogens with two attached hydrogens (primary N) is 1. The summed E-state index contributed by atoms with van der Waals surface area (Å²) in [4.78, 5) is 23.1. The van der Waals surface area contributed by atoms with Gasteiger partial charge in [0, 0.05) is 31.8 Å². The van der Waals surface area contributed by atoms with Crippen LogP contribution in [0.3, 0.4) is 0 Å². The summed E-state index contributed by atoms with van der Waals surface area (Å²) in [5.74, 6) is -0.887. The first-order valence-corrected chi connectivity index (χ1v) is 7.28. The molecule has 0 heterocycles. The van der Waals surface area contributed by atoms with Gasteiger partial charge in [-0.1, -0.05) is 13.8 Å². The summed E-state index contributed by atoms with van der Waals surface area (Å²) in [6.45, 7) is 4.25. The van der Waals surface area contributed by atoms with Gasteiger partial charge in [-0.3, -0.25) is 14.9 Å². The normalized spacial score (nSPS) is 12.1. The Kier molecular flexibility index (Phi) is 6.89. The fourth-order valence-electron chi connectivity index (χ4n) is 1.78. The minimum atomic E-state index is -1.00. The fourth-order valence-corrected chi connectivity index (χ4v) is 1.78. The molecular weight excluding hydrogens is 305 g/mol. The van der Waals surface area contributed by atoms with Crippen LogP contribution in [-0.4, -0.2) is 42.0 Å². The second-order valence-electron chi connectivity index (χ2n) is 5.67. The number of nitro benzene ring substituents is 1. The molecule has 0 aliphatic carbocycles. The quantitative estimate of drug-likeness (QED) is 0.581. The summed E-state index contributed by atoms with van der Waals surface area (Å²) in [5, 5.41) is 10.5. The molecule has 23 heavy (non-hydrogen) atoms. The molecular formula is C15H22FN3O4. The van der Waals surface area contributed by atoms with Crippen LogP contribution >= 0.6 is 0 Å². The number of amides is 1. The Morgan fingerprint density at radius 3 is 2.65 bits per heavy atom. The summed E-state index contributed by atoms with van der Waals surface area (Å²) in [6.07, 6.45) is 0.673.